The van der Waals surface area contributed by atoms with Gasteiger partial charge in [-0.3, -0.25) is 0 Å². The Bertz CT molecular complexity index is 335. The molecule has 0 fully saturated rings. The molecule has 4 heteroatoms. The third kappa shape index (κ3) is 4.24. The topological polar surface area (TPSA) is 35.5 Å². The van der Waals surface area contributed by atoms with Crippen LogP contribution in [0.1, 0.15) is 24.2 Å². The van der Waals surface area contributed by atoms with Crippen LogP contribution >= 0.6 is 12.6 Å². The summed E-state index contributed by atoms with van der Waals surface area (Å²) in [7, 11) is 0. The van der Waals surface area contributed by atoms with Crippen LogP contribution in [0.25, 0.3) is 0 Å². The molecule has 88 valence electrons. The zero-order valence-electron chi connectivity index (χ0n) is 9.47. The summed E-state index contributed by atoms with van der Waals surface area (Å²) in [5.41, 5.74) is 0.529. The summed E-state index contributed by atoms with van der Waals surface area (Å²) < 4.78 is 10.4. The smallest absolute Gasteiger partial charge is 0.338 e. The Labute approximate surface area is 101 Å². The van der Waals surface area contributed by atoms with E-state index >= 15 is 0 Å². The molecule has 16 heavy (non-hydrogen) atoms. The van der Waals surface area contributed by atoms with E-state index in [-0.39, 0.29) is 12.1 Å². The second kappa shape index (κ2) is 6.55. The van der Waals surface area contributed by atoms with Gasteiger partial charge in [-0.05, 0) is 38.1 Å². The van der Waals surface area contributed by atoms with E-state index in [2.05, 4.69) is 12.6 Å². The van der Waals surface area contributed by atoms with Crippen molar-refractivity contribution in [3.05, 3.63) is 29.8 Å². The van der Waals surface area contributed by atoms with Crippen molar-refractivity contribution in [2.24, 2.45) is 0 Å². The van der Waals surface area contributed by atoms with E-state index in [1.165, 1.54) is 0 Å². The Morgan fingerprint density at radius 2 is 2.00 bits per heavy atom. The van der Waals surface area contributed by atoms with Gasteiger partial charge in [0.2, 0.25) is 0 Å². The number of hydrogen-bond acceptors (Lipinski definition) is 4. The highest BCUT2D eigenvalue weighted by Gasteiger charge is 2.11. The molecule has 1 atom stereocenters. The third-order valence-electron chi connectivity index (χ3n) is 1.97. The van der Waals surface area contributed by atoms with Gasteiger partial charge in [-0.15, -0.1) is 12.6 Å². The van der Waals surface area contributed by atoms with E-state index in [4.69, 9.17) is 9.47 Å². The second-order valence-electron chi connectivity index (χ2n) is 3.42. The van der Waals surface area contributed by atoms with E-state index in [0.29, 0.717) is 18.8 Å². The molecule has 0 amide bonds. The van der Waals surface area contributed by atoms with Crippen molar-refractivity contribution < 1.29 is 14.3 Å². The Morgan fingerprint density at radius 1 is 1.38 bits per heavy atom. The number of esters is 1. The molecule has 1 aromatic rings. The lowest BCUT2D eigenvalue weighted by atomic mass is 10.2. The van der Waals surface area contributed by atoms with Crippen LogP contribution in [0.5, 0.6) is 0 Å². The number of benzene rings is 1. The minimum atomic E-state index is -0.333. The predicted molar refractivity (Wildman–Crippen MR) is 65.1 cm³/mol. The van der Waals surface area contributed by atoms with E-state index < -0.39 is 0 Å². The van der Waals surface area contributed by atoms with Gasteiger partial charge in [-0.25, -0.2) is 4.79 Å². The summed E-state index contributed by atoms with van der Waals surface area (Å²) in [6.07, 6.45) is -0.233. The van der Waals surface area contributed by atoms with Crippen molar-refractivity contribution in [3.8, 4) is 0 Å². The minimum Gasteiger partial charge on any atom is -0.457 e. The van der Waals surface area contributed by atoms with Crippen LogP contribution in [0.2, 0.25) is 0 Å². The number of ether oxygens (including phenoxy) is 2. The molecule has 0 aliphatic carbocycles. The van der Waals surface area contributed by atoms with Crippen molar-refractivity contribution in [2.45, 2.75) is 24.8 Å². The van der Waals surface area contributed by atoms with Crippen molar-refractivity contribution in [1.82, 2.24) is 0 Å². The van der Waals surface area contributed by atoms with E-state index in [0.717, 1.165) is 4.90 Å². The number of carbonyl (C=O) groups excluding carboxylic acids is 1. The van der Waals surface area contributed by atoms with E-state index in [9.17, 15) is 4.79 Å². The van der Waals surface area contributed by atoms with Gasteiger partial charge in [0.05, 0.1) is 12.2 Å². The maximum atomic E-state index is 11.6. The molecule has 0 spiro atoms. The van der Waals surface area contributed by atoms with Crippen LogP contribution in [0, 0.1) is 0 Å². The van der Waals surface area contributed by atoms with Gasteiger partial charge in [-0.2, -0.15) is 0 Å². The standard InChI is InChI=1S/C12H16O3S/c1-3-14-8-9(2)15-12(13)10-4-6-11(16)7-5-10/h4-7,9,16H,3,8H2,1-2H3. The third-order valence-corrected chi connectivity index (χ3v) is 2.27. The SMILES string of the molecule is CCOCC(C)OC(=O)c1ccc(S)cc1. The zero-order valence-corrected chi connectivity index (χ0v) is 10.4. The van der Waals surface area contributed by atoms with E-state index in [1.54, 1.807) is 31.2 Å². The first-order valence-corrected chi connectivity index (χ1v) is 5.66. The van der Waals surface area contributed by atoms with Gasteiger partial charge < -0.3 is 9.47 Å². The molecule has 3 nitrogen and oxygen atoms in total. The Morgan fingerprint density at radius 3 is 2.56 bits per heavy atom. The van der Waals surface area contributed by atoms with Gasteiger partial charge >= 0.3 is 5.97 Å². The van der Waals surface area contributed by atoms with Crippen LogP contribution in [-0.4, -0.2) is 25.3 Å². The highest BCUT2D eigenvalue weighted by atomic mass is 32.1. The number of hydrogen-bond donors (Lipinski definition) is 1. The highest BCUT2D eigenvalue weighted by molar-refractivity contribution is 7.80. The predicted octanol–water partition coefficient (Wildman–Crippen LogP) is 2.56. The molecular formula is C12H16O3S. The van der Waals surface area contributed by atoms with Gasteiger partial charge in [0.25, 0.3) is 0 Å². The van der Waals surface area contributed by atoms with Crippen LogP contribution < -0.4 is 0 Å². The maximum Gasteiger partial charge on any atom is 0.338 e. The first-order valence-electron chi connectivity index (χ1n) is 5.21. The second-order valence-corrected chi connectivity index (χ2v) is 3.94. The zero-order chi connectivity index (χ0) is 12.0. The fraction of sp³-hybridized carbons (Fsp3) is 0.417. The minimum absolute atomic E-state index is 0.233. The lowest BCUT2D eigenvalue weighted by molar-refractivity contribution is 0.00439. The molecule has 0 aliphatic heterocycles. The average molecular weight is 240 g/mol. The lowest BCUT2D eigenvalue weighted by Crippen LogP contribution is -2.20. The number of thiol groups is 1. The number of carbonyl (C=O) groups is 1. The van der Waals surface area contributed by atoms with Crippen LogP contribution in [-0.2, 0) is 9.47 Å². The number of rotatable bonds is 5. The van der Waals surface area contributed by atoms with Gasteiger partial charge in [-0.1, -0.05) is 0 Å². The van der Waals surface area contributed by atoms with Crippen LogP contribution in [0.4, 0.5) is 0 Å². The maximum absolute atomic E-state index is 11.6. The molecule has 1 unspecified atom stereocenters. The Hall–Kier alpha value is -1.00. The van der Waals surface area contributed by atoms with Crippen molar-refractivity contribution in [3.63, 3.8) is 0 Å². The molecule has 0 aromatic heterocycles. The molecule has 0 aliphatic rings. The average Bonchev–Trinajstić information content (AvgIpc) is 2.27. The fourth-order valence-corrected chi connectivity index (χ4v) is 1.32. The van der Waals surface area contributed by atoms with Crippen LogP contribution in [0.3, 0.4) is 0 Å². The molecule has 0 bridgehead atoms. The summed E-state index contributed by atoms with van der Waals surface area (Å²) in [5, 5.41) is 0. The van der Waals surface area contributed by atoms with Crippen molar-refractivity contribution >= 4 is 18.6 Å². The highest BCUT2D eigenvalue weighted by Crippen LogP contribution is 2.09. The lowest BCUT2D eigenvalue weighted by Gasteiger charge is -2.12. The molecule has 1 aromatic carbocycles. The van der Waals surface area contributed by atoms with Gasteiger partial charge in [0, 0.05) is 11.5 Å². The Balaban J connectivity index is 2.48. The molecule has 0 saturated carbocycles. The fourth-order valence-electron chi connectivity index (χ4n) is 1.17. The summed E-state index contributed by atoms with van der Waals surface area (Å²) in [5.74, 6) is -0.333. The van der Waals surface area contributed by atoms with Crippen molar-refractivity contribution in [2.75, 3.05) is 13.2 Å². The summed E-state index contributed by atoms with van der Waals surface area (Å²) in [6.45, 7) is 4.75. The molecule has 0 radical (unpaired) electrons. The normalized spacial score (nSPS) is 12.2. The first-order chi connectivity index (χ1) is 7.63. The first kappa shape index (κ1) is 13.1. The summed E-state index contributed by atoms with van der Waals surface area (Å²) >= 11 is 4.14. The van der Waals surface area contributed by atoms with Crippen LogP contribution in [0.15, 0.2) is 29.2 Å². The molecule has 1 rings (SSSR count). The quantitative estimate of drug-likeness (QED) is 0.634. The molecule has 0 heterocycles. The van der Waals surface area contributed by atoms with Crippen molar-refractivity contribution in [1.29, 1.82) is 0 Å². The summed E-state index contributed by atoms with van der Waals surface area (Å²) in [4.78, 5) is 12.4. The largest absolute Gasteiger partial charge is 0.457 e. The molecule has 0 saturated heterocycles. The van der Waals surface area contributed by atoms with E-state index in [1.807, 2.05) is 6.92 Å². The van der Waals surface area contributed by atoms with Gasteiger partial charge in [0.1, 0.15) is 6.10 Å². The monoisotopic (exact) mass is 240 g/mol. The summed E-state index contributed by atoms with van der Waals surface area (Å²) in [6, 6.07) is 6.90. The molecule has 0 N–H and O–H groups in total. The molecular weight excluding hydrogens is 224 g/mol. The van der Waals surface area contributed by atoms with Gasteiger partial charge in [0.15, 0.2) is 0 Å². The Kier molecular flexibility index (Phi) is 5.35.